The number of nitrogens with zero attached hydrogens (tertiary/aromatic N) is 1. The molecule has 3 N–H and O–H groups in total. The molecular formula is C23H22N4O5S. The summed E-state index contributed by atoms with van der Waals surface area (Å²) in [5, 5.41) is 18.1. The second-order valence-corrected chi connectivity index (χ2v) is 8.10. The van der Waals surface area contributed by atoms with E-state index in [0.29, 0.717) is 28.5 Å². The lowest BCUT2D eigenvalue weighted by Crippen LogP contribution is -2.46. The molecule has 2 aliphatic heterocycles. The van der Waals surface area contributed by atoms with Crippen molar-refractivity contribution in [1.82, 2.24) is 5.32 Å². The third kappa shape index (κ3) is 5.46. The highest BCUT2D eigenvalue weighted by Gasteiger charge is 2.49. The Balaban J connectivity index is 1.28. The van der Waals surface area contributed by atoms with Crippen LogP contribution in [0.3, 0.4) is 0 Å². The van der Waals surface area contributed by atoms with Crippen molar-refractivity contribution >= 4 is 40.6 Å². The average Bonchev–Trinajstić information content (AvgIpc) is 3.37. The molecule has 1 amide bonds. The molecule has 0 bridgehead atoms. The van der Waals surface area contributed by atoms with Gasteiger partial charge >= 0.3 is 6.09 Å². The number of ether oxygens (including phenoxy) is 3. The molecule has 2 heterocycles. The maximum atomic E-state index is 12.4. The third-order valence-electron chi connectivity index (χ3n) is 5.37. The lowest BCUT2D eigenvalue weighted by Gasteiger charge is -2.20. The van der Waals surface area contributed by atoms with Gasteiger partial charge in [-0.25, -0.2) is 4.79 Å². The Morgan fingerprint density at radius 3 is 2.55 bits per heavy atom. The SMILES string of the molecule is CC(=O)c1cccc(NC(=O)O[C@@H]2CO[C@H]3[C@@H]2OC[C@@H]3NC(=S)Nc2ccc(C#N)cc2)c1. The zero-order valence-electron chi connectivity index (χ0n) is 17.7. The number of hydrogen-bond acceptors (Lipinski definition) is 7. The van der Waals surface area contributed by atoms with Crippen molar-refractivity contribution in [2.24, 2.45) is 0 Å². The number of carbonyl (C=O) groups excluding carboxylic acids is 2. The van der Waals surface area contributed by atoms with Gasteiger partial charge in [0.05, 0.1) is 30.9 Å². The summed E-state index contributed by atoms with van der Waals surface area (Å²) in [5.74, 6) is -0.0939. The Hall–Kier alpha value is -3.52. The molecule has 0 aliphatic carbocycles. The predicted octanol–water partition coefficient (Wildman–Crippen LogP) is 2.83. The summed E-state index contributed by atoms with van der Waals surface area (Å²) >= 11 is 5.38. The maximum absolute atomic E-state index is 12.4. The average molecular weight is 467 g/mol. The van der Waals surface area contributed by atoms with Gasteiger partial charge in [0.15, 0.2) is 17.0 Å². The normalized spacial score (nSPS) is 23.2. The molecule has 2 aliphatic rings. The summed E-state index contributed by atoms with van der Waals surface area (Å²) in [6.45, 7) is 2.00. The van der Waals surface area contributed by atoms with Crippen LogP contribution in [0.5, 0.6) is 0 Å². The number of benzene rings is 2. The van der Waals surface area contributed by atoms with E-state index in [1.807, 2.05) is 0 Å². The summed E-state index contributed by atoms with van der Waals surface area (Å²) in [4.78, 5) is 23.9. The first-order valence-corrected chi connectivity index (χ1v) is 10.7. The number of ketones is 1. The zero-order valence-corrected chi connectivity index (χ0v) is 18.6. The van der Waals surface area contributed by atoms with Crippen LogP contribution < -0.4 is 16.0 Å². The molecule has 0 saturated carbocycles. The van der Waals surface area contributed by atoms with Gasteiger partial charge in [-0.3, -0.25) is 10.1 Å². The van der Waals surface area contributed by atoms with Crippen LogP contribution in [0.15, 0.2) is 48.5 Å². The van der Waals surface area contributed by atoms with Crippen LogP contribution >= 0.6 is 12.2 Å². The number of anilines is 2. The van der Waals surface area contributed by atoms with Crippen molar-refractivity contribution < 1.29 is 23.8 Å². The molecule has 0 radical (unpaired) electrons. The largest absolute Gasteiger partial charge is 0.441 e. The van der Waals surface area contributed by atoms with Crippen LogP contribution in [-0.4, -0.2) is 54.6 Å². The molecule has 170 valence electrons. The molecule has 2 saturated heterocycles. The van der Waals surface area contributed by atoms with Crippen molar-refractivity contribution in [2.75, 3.05) is 23.8 Å². The number of Topliss-reactive ketones (excluding diaryl/α,β-unsaturated/α-hetero) is 1. The lowest BCUT2D eigenvalue weighted by atomic mass is 10.1. The van der Waals surface area contributed by atoms with Gasteiger partial charge in [-0.1, -0.05) is 12.1 Å². The summed E-state index contributed by atoms with van der Waals surface area (Å²) in [7, 11) is 0. The van der Waals surface area contributed by atoms with Gasteiger partial charge in [-0.05, 0) is 55.5 Å². The van der Waals surface area contributed by atoms with Gasteiger partial charge < -0.3 is 24.8 Å². The number of nitriles is 1. The molecule has 2 aromatic rings. The molecule has 10 heteroatoms. The van der Waals surface area contributed by atoms with Crippen LogP contribution in [0.2, 0.25) is 0 Å². The minimum Gasteiger partial charge on any atom is -0.441 e. The minimum absolute atomic E-state index is 0.0939. The number of hydrogen-bond donors (Lipinski definition) is 3. The lowest BCUT2D eigenvalue weighted by molar-refractivity contribution is 0.00880. The number of fused-ring (bicyclic) bond motifs is 1. The predicted molar refractivity (Wildman–Crippen MR) is 124 cm³/mol. The standard InChI is InChI=1S/C23H22N4O5S/c1-13(28)15-3-2-4-17(9-15)26-23(29)32-19-12-31-20-18(11-30-21(19)20)27-22(33)25-16-7-5-14(10-24)6-8-16/h2-9,18-21H,11-12H2,1H3,(H,26,29)(H2,25,27,33)/t18-,19+,20+,21+/m0/s1. The molecule has 9 nitrogen and oxygen atoms in total. The molecule has 2 fully saturated rings. The van der Waals surface area contributed by atoms with Crippen molar-refractivity contribution in [3.63, 3.8) is 0 Å². The molecule has 0 unspecified atom stereocenters. The van der Waals surface area contributed by atoms with E-state index in [1.54, 1.807) is 48.5 Å². The molecule has 4 rings (SSSR count). The first-order chi connectivity index (χ1) is 15.9. The van der Waals surface area contributed by atoms with E-state index in [-0.39, 0.29) is 24.5 Å². The van der Waals surface area contributed by atoms with Crippen LogP contribution in [0.4, 0.5) is 16.2 Å². The first-order valence-electron chi connectivity index (χ1n) is 10.3. The van der Waals surface area contributed by atoms with Gasteiger partial charge in [0.2, 0.25) is 0 Å². The fourth-order valence-corrected chi connectivity index (χ4v) is 4.02. The van der Waals surface area contributed by atoms with Crippen molar-refractivity contribution in [3.8, 4) is 6.07 Å². The molecule has 2 aromatic carbocycles. The molecular weight excluding hydrogens is 444 g/mol. The van der Waals surface area contributed by atoms with Gasteiger partial charge in [0.25, 0.3) is 0 Å². The van der Waals surface area contributed by atoms with E-state index < -0.39 is 18.3 Å². The summed E-state index contributed by atoms with van der Waals surface area (Å²) in [6, 6.07) is 15.4. The Morgan fingerprint density at radius 1 is 1.06 bits per heavy atom. The van der Waals surface area contributed by atoms with Crippen LogP contribution in [0, 0.1) is 11.3 Å². The Morgan fingerprint density at radius 2 is 1.82 bits per heavy atom. The number of thiocarbonyl (C=S) groups is 1. The molecule has 4 atom stereocenters. The Labute approximate surface area is 196 Å². The minimum atomic E-state index is -0.650. The van der Waals surface area contributed by atoms with Gasteiger partial charge in [0.1, 0.15) is 12.2 Å². The smallest absolute Gasteiger partial charge is 0.412 e. The van der Waals surface area contributed by atoms with E-state index in [4.69, 9.17) is 31.7 Å². The third-order valence-corrected chi connectivity index (χ3v) is 5.59. The second kappa shape index (κ2) is 9.95. The number of rotatable bonds is 5. The highest BCUT2D eigenvalue weighted by molar-refractivity contribution is 7.80. The zero-order chi connectivity index (χ0) is 23.4. The Kier molecular flexibility index (Phi) is 6.84. The summed E-state index contributed by atoms with van der Waals surface area (Å²) in [5.41, 5.74) is 2.28. The molecule has 0 aromatic heterocycles. The van der Waals surface area contributed by atoms with Crippen molar-refractivity contribution in [3.05, 3.63) is 59.7 Å². The van der Waals surface area contributed by atoms with Crippen molar-refractivity contribution in [2.45, 2.75) is 31.3 Å². The van der Waals surface area contributed by atoms with Crippen LogP contribution in [0.25, 0.3) is 0 Å². The topological polar surface area (TPSA) is 122 Å². The fourth-order valence-electron chi connectivity index (χ4n) is 3.75. The van der Waals surface area contributed by atoms with E-state index >= 15 is 0 Å². The van der Waals surface area contributed by atoms with Gasteiger partial charge in [0, 0.05) is 16.9 Å². The fraction of sp³-hybridized carbons (Fsp3) is 0.304. The number of carbonyl (C=O) groups is 2. The second-order valence-electron chi connectivity index (χ2n) is 7.70. The summed E-state index contributed by atoms with van der Waals surface area (Å²) < 4.78 is 17.2. The van der Waals surface area contributed by atoms with Crippen LogP contribution in [-0.2, 0) is 14.2 Å². The summed E-state index contributed by atoms with van der Waals surface area (Å²) in [6.07, 6.45) is -1.97. The molecule has 33 heavy (non-hydrogen) atoms. The maximum Gasteiger partial charge on any atom is 0.412 e. The Bertz CT molecular complexity index is 1100. The van der Waals surface area contributed by atoms with Crippen LogP contribution in [0.1, 0.15) is 22.8 Å². The van der Waals surface area contributed by atoms with E-state index in [9.17, 15) is 9.59 Å². The van der Waals surface area contributed by atoms with E-state index in [1.165, 1.54) is 6.92 Å². The highest BCUT2D eigenvalue weighted by atomic mass is 32.1. The quantitative estimate of drug-likeness (QED) is 0.451. The molecule has 0 spiro atoms. The first kappa shape index (κ1) is 22.7. The van der Waals surface area contributed by atoms with E-state index in [2.05, 4.69) is 22.0 Å². The van der Waals surface area contributed by atoms with Gasteiger partial charge in [-0.2, -0.15) is 5.26 Å². The van der Waals surface area contributed by atoms with Crippen molar-refractivity contribution in [1.29, 1.82) is 5.26 Å². The monoisotopic (exact) mass is 466 g/mol. The van der Waals surface area contributed by atoms with E-state index in [0.717, 1.165) is 5.69 Å². The van der Waals surface area contributed by atoms with Gasteiger partial charge in [-0.15, -0.1) is 0 Å². The number of nitrogens with one attached hydrogen (secondary N) is 3. The highest BCUT2D eigenvalue weighted by Crippen LogP contribution is 2.29. The number of amides is 1.